The van der Waals surface area contributed by atoms with Gasteiger partial charge in [-0.1, -0.05) is 47.4 Å². The number of nitrogens with zero attached hydrogens (tertiary/aromatic N) is 1. The predicted octanol–water partition coefficient (Wildman–Crippen LogP) is 6.19. The van der Waals surface area contributed by atoms with Crippen LogP contribution >= 0.6 is 0 Å². The maximum absolute atomic E-state index is 4.35. The molecule has 0 unspecified atom stereocenters. The van der Waals surface area contributed by atoms with Crippen molar-refractivity contribution < 1.29 is 0 Å². The van der Waals surface area contributed by atoms with Gasteiger partial charge in [-0.15, -0.1) is 6.58 Å². The molecule has 0 saturated heterocycles. The largest absolute Gasteiger partial charge is 0.308 e. The third kappa shape index (κ3) is 2.35. The highest BCUT2D eigenvalue weighted by molar-refractivity contribution is 6.31. The van der Waals surface area contributed by atoms with Crippen LogP contribution in [0.2, 0.25) is 0 Å². The van der Waals surface area contributed by atoms with E-state index < -0.39 is 0 Å². The van der Waals surface area contributed by atoms with E-state index in [1.807, 2.05) is 0 Å². The number of hydrogen-bond acceptors (Lipinski definition) is 0. The monoisotopic (exact) mass is 375 g/mol. The van der Waals surface area contributed by atoms with E-state index in [1.165, 1.54) is 66.5 Å². The van der Waals surface area contributed by atoms with Crippen LogP contribution in [0.15, 0.2) is 66.2 Å². The molecule has 0 aliphatic heterocycles. The first-order valence-electron chi connectivity index (χ1n) is 10.4. The molecule has 1 nitrogen and oxygen atoms in total. The topological polar surface area (TPSA) is 4.93 Å². The van der Waals surface area contributed by atoms with E-state index in [1.54, 1.807) is 0 Å². The van der Waals surface area contributed by atoms with Crippen molar-refractivity contribution in [3.63, 3.8) is 0 Å². The summed E-state index contributed by atoms with van der Waals surface area (Å²) in [4.78, 5) is 0. The van der Waals surface area contributed by atoms with Crippen molar-refractivity contribution in [2.24, 2.45) is 0 Å². The molecule has 0 saturated carbocycles. The molecule has 142 valence electrons. The van der Waals surface area contributed by atoms with Gasteiger partial charge in [0.25, 0.3) is 0 Å². The summed E-state index contributed by atoms with van der Waals surface area (Å²) in [5.41, 5.74) is 14.9. The maximum atomic E-state index is 4.35. The Kier molecular flexibility index (Phi) is 3.89. The van der Waals surface area contributed by atoms with Crippen molar-refractivity contribution >= 4 is 35.2 Å². The number of benzene rings is 3. The Balaban J connectivity index is 2.04. The van der Waals surface area contributed by atoms with E-state index >= 15 is 0 Å². The Hall–Kier alpha value is -3.00. The quantitative estimate of drug-likeness (QED) is 0.369. The summed E-state index contributed by atoms with van der Waals surface area (Å²) < 4.78 is 2.49. The average molecular weight is 375 g/mol. The number of hydrogen-bond donors (Lipinski definition) is 0. The SMILES string of the molecule is BC(=C)C1=C(C)Cc2c(C)c(C)c(C)c(-n3c4ccccc4c4ccccc43)c21. The van der Waals surface area contributed by atoms with Gasteiger partial charge in [0.1, 0.15) is 7.85 Å². The lowest BCUT2D eigenvalue weighted by Crippen LogP contribution is -2.08. The molecule has 0 amide bonds. The van der Waals surface area contributed by atoms with Crippen molar-refractivity contribution in [3.8, 4) is 5.69 Å². The summed E-state index contributed by atoms with van der Waals surface area (Å²) in [5, 5.41) is 2.62. The second-order valence-electron chi connectivity index (χ2n) is 8.56. The lowest BCUT2D eigenvalue weighted by atomic mass is 9.82. The Morgan fingerprint density at radius 3 is 1.93 bits per heavy atom. The normalized spacial score (nSPS) is 13.5. The second-order valence-corrected chi connectivity index (χ2v) is 8.56. The van der Waals surface area contributed by atoms with Crippen LogP contribution in [0, 0.1) is 20.8 Å². The highest BCUT2D eigenvalue weighted by Crippen LogP contribution is 2.46. The van der Waals surface area contributed by atoms with Crippen LogP contribution in [0.3, 0.4) is 0 Å². The highest BCUT2D eigenvalue weighted by Gasteiger charge is 2.29. The van der Waals surface area contributed by atoms with Crippen molar-refractivity contribution in [2.75, 3.05) is 0 Å². The molecule has 4 aromatic rings. The first-order chi connectivity index (χ1) is 13.9. The number of fused-ring (bicyclic) bond motifs is 4. The van der Waals surface area contributed by atoms with Crippen LogP contribution in [-0.2, 0) is 6.42 Å². The first kappa shape index (κ1) is 18.1. The van der Waals surface area contributed by atoms with Gasteiger partial charge in [0, 0.05) is 16.3 Å². The van der Waals surface area contributed by atoms with Crippen molar-refractivity contribution in [3.05, 3.63) is 94.0 Å². The van der Waals surface area contributed by atoms with Crippen LogP contribution < -0.4 is 0 Å². The molecule has 1 aromatic heterocycles. The molecule has 3 aromatic carbocycles. The molecular formula is C27H26BN. The fraction of sp³-hybridized carbons (Fsp3) is 0.185. The van der Waals surface area contributed by atoms with Gasteiger partial charge in [-0.05, 0) is 74.1 Å². The third-order valence-corrected chi connectivity index (χ3v) is 6.82. The average Bonchev–Trinajstić information content (AvgIpc) is 3.23. The first-order valence-corrected chi connectivity index (χ1v) is 10.4. The molecule has 5 rings (SSSR count). The predicted molar refractivity (Wildman–Crippen MR) is 129 cm³/mol. The summed E-state index contributed by atoms with van der Waals surface area (Å²) in [6.07, 6.45) is 1.02. The van der Waals surface area contributed by atoms with Gasteiger partial charge < -0.3 is 4.57 Å². The summed E-state index contributed by atoms with van der Waals surface area (Å²) in [6.45, 7) is 13.5. The van der Waals surface area contributed by atoms with Gasteiger partial charge in [0.2, 0.25) is 0 Å². The molecule has 0 N–H and O–H groups in total. The third-order valence-electron chi connectivity index (χ3n) is 6.82. The molecule has 0 fully saturated rings. The van der Waals surface area contributed by atoms with Crippen LogP contribution in [-0.4, -0.2) is 12.4 Å². The van der Waals surface area contributed by atoms with E-state index in [0.29, 0.717) is 0 Å². The minimum atomic E-state index is 1.02. The summed E-state index contributed by atoms with van der Waals surface area (Å²) >= 11 is 0. The molecule has 0 spiro atoms. The van der Waals surface area contributed by atoms with E-state index in [4.69, 9.17) is 0 Å². The molecule has 1 aliphatic carbocycles. The smallest absolute Gasteiger partial charge is 0.139 e. The zero-order valence-corrected chi connectivity index (χ0v) is 18.0. The minimum Gasteiger partial charge on any atom is -0.308 e. The van der Waals surface area contributed by atoms with E-state index in [9.17, 15) is 0 Å². The number of aromatic nitrogens is 1. The zero-order chi connectivity index (χ0) is 20.4. The van der Waals surface area contributed by atoms with Gasteiger partial charge >= 0.3 is 0 Å². The molecule has 0 radical (unpaired) electrons. The van der Waals surface area contributed by atoms with Crippen LogP contribution in [0.1, 0.15) is 34.7 Å². The zero-order valence-electron chi connectivity index (χ0n) is 18.0. The summed E-state index contributed by atoms with van der Waals surface area (Å²) in [7, 11) is 2.15. The Morgan fingerprint density at radius 1 is 0.828 bits per heavy atom. The molecule has 0 atom stereocenters. The van der Waals surface area contributed by atoms with Gasteiger partial charge in [-0.3, -0.25) is 0 Å². The van der Waals surface area contributed by atoms with Crippen molar-refractivity contribution in [1.82, 2.24) is 4.57 Å². The number of para-hydroxylation sites is 2. The Bertz CT molecular complexity index is 1330. The van der Waals surface area contributed by atoms with Crippen LogP contribution in [0.5, 0.6) is 0 Å². The van der Waals surface area contributed by atoms with Gasteiger partial charge in [0.05, 0.1) is 16.7 Å². The maximum Gasteiger partial charge on any atom is 0.139 e. The fourth-order valence-corrected chi connectivity index (χ4v) is 5.28. The minimum absolute atomic E-state index is 1.02. The van der Waals surface area contributed by atoms with E-state index in [-0.39, 0.29) is 0 Å². The Labute approximate surface area is 173 Å². The van der Waals surface area contributed by atoms with E-state index in [0.717, 1.165) is 11.9 Å². The highest BCUT2D eigenvalue weighted by atomic mass is 15.0. The molecule has 29 heavy (non-hydrogen) atoms. The molecule has 1 aliphatic rings. The van der Waals surface area contributed by atoms with Crippen molar-refractivity contribution in [2.45, 2.75) is 34.1 Å². The molecule has 0 bridgehead atoms. The second kappa shape index (κ2) is 6.25. The van der Waals surface area contributed by atoms with E-state index in [2.05, 4.69) is 95.2 Å². The lowest BCUT2D eigenvalue weighted by molar-refractivity contribution is 1.07. The summed E-state index contributed by atoms with van der Waals surface area (Å²) in [5.74, 6) is 0. The van der Waals surface area contributed by atoms with Gasteiger partial charge in [0.15, 0.2) is 0 Å². The molecule has 1 heterocycles. The summed E-state index contributed by atoms with van der Waals surface area (Å²) in [6, 6.07) is 17.6. The standard InChI is InChI=1S/C27H26BN/c1-15-14-22-17(3)16(2)18(4)27(26(22)25(15)19(5)28)29-23-12-8-6-10-20(23)21-11-7-9-13-24(21)29/h6-13H,5,14,28H2,1-4H3. The van der Waals surface area contributed by atoms with Crippen LogP contribution in [0.4, 0.5) is 0 Å². The van der Waals surface area contributed by atoms with Crippen molar-refractivity contribution in [1.29, 1.82) is 0 Å². The molecular weight excluding hydrogens is 349 g/mol. The van der Waals surface area contributed by atoms with Crippen LogP contribution in [0.25, 0.3) is 33.1 Å². The Morgan fingerprint density at radius 2 is 1.38 bits per heavy atom. The molecule has 2 heteroatoms. The fourth-order valence-electron chi connectivity index (χ4n) is 5.28. The van der Waals surface area contributed by atoms with Gasteiger partial charge in [-0.2, -0.15) is 0 Å². The van der Waals surface area contributed by atoms with Gasteiger partial charge in [-0.25, -0.2) is 0 Å². The number of allylic oxidation sites excluding steroid dienone is 3. The number of rotatable bonds is 2. The lowest BCUT2D eigenvalue weighted by Gasteiger charge is -2.23.